The summed E-state index contributed by atoms with van der Waals surface area (Å²) in [6.07, 6.45) is 3.50. The molecule has 1 unspecified atom stereocenters. The Bertz CT molecular complexity index is 860. The Labute approximate surface area is 155 Å². The Morgan fingerprint density at radius 1 is 1.27 bits per heavy atom. The highest BCUT2D eigenvalue weighted by molar-refractivity contribution is 7.86. The third-order valence-corrected chi connectivity index (χ3v) is 6.67. The van der Waals surface area contributed by atoms with Gasteiger partial charge in [0.15, 0.2) is 0 Å². The summed E-state index contributed by atoms with van der Waals surface area (Å²) in [6.45, 7) is 5.44. The van der Waals surface area contributed by atoms with Gasteiger partial charge in [-0.25, -0.2) is 0 Å². The number of hydrogen-bond acceptors (Lipinski definition) is 4. The number of benzene rings is 1. The van der Waals surface area contributed by atoms with Crippen LogP contribution < -0.4 is 0 Å². The van der Waals surface area contributed by atoms with E-state index >= 15 is 0 Å². The van der Waals surface area contributed by atoms with Gasteiger partial charge in [0.25, 0.3) is 10.1 Å². The molecule has 0 spiro atoms. The minimum Gasteiger partial charge on any atom is -0.396 e. The zero-order valence-electron chi connectivity index (χ0n) is 15.4. The summed E-state index contributed by atoms with van der Waals surface area (Å²) in [4.78, 5) is 6.18. The van der Waals surface area contributed by atoms with Crippen molar-refractivity contribution >= 4 is 21.0 Å². The van der Waals surface area contributed by atoms with Gasteiger partial charge in [-0.15, -0.1) is 0 Å². The zero-order chi connectivity index (χ0) is 18.9. The fourth-order valence-electron chi connectivity index (χ4n) is 4.01. The molecule has 2 aliphatic rings. The van der Waals surface area contributed by atoms with Crippen LogP contribution in [0, 0.1) is 5.92 Å². The molecule has 0 amide bonds. The van der Waals surface area contributed by atoms with E-state index in [1.165, 1.54) is 49.0 Å². The lowest BCUT2D eigenvalue weighted by Gasteiger charge is -2.43. The van der Waals surface area contributed by atoms with Gasteiger partial charge in [0.1, 0.15) is 0 Å². The van der Waals surface area contributed by atoms with Gasteiger partial charge in [-0.3, -0.25) is 9.45 Å². The predicted molar refractivity (Wildman–Crippen MR) is 103 cm³/mol. The van der Waals surface area contributed by atoms with Crippen molar-refractivity contribution in [3.8, 4) is 0 Å². The maximum atomic E-state index is 9.89. The Kier molecular flexibility index (Phi) is 5.72. The number of nitrogens with one attached hydrogen (secondary N) is 1. The molecule has 1 fully saturated rings. The first kappa shape index (κ1) is 19.4. The van der Waals surface area contributed by atoms with Gasteiger partial charge in [-0.05, 0) is 51.3 Å². The second-order valence-corrected chi connectivity index (χ2v) is 9.41. The number of nitrogens with zero attached hydrogens (tertiary/aromatic N) is 1. The molecular formula is C19H28N2O4S. The number of aromatic nitrogens is 1. The molecule has 26 heavy (non-hydrogen) atoms. The highest BCUT2D eigenvalue weighted by Gasteiger charge is 2.37. The van der Waals surface area contributed by atoms with Crippen LogP contribution in [-0.2, 0) is 16.5 Å². The lowest BCUT2D eigenvalue weighted by atomic mass is 9.83. The lowest BCUT2D eigenvalue weighted by Crippen LogP contribution is -2.44. The van der Waals surface area contributed by atoms with Gasteiger partial charge in [0.2, 0.25) is 0 Å². The number of fused-ring (bicyclic) bond motifs is 5. The molecule has 7 heteroatoms. The van der Waals surface area contributed by atoms with Crippen molar-refractivity contribution in [3.63, 3.8) is 0 Å². The van der Waals surface area contributed by atoms with Crippen molar-refractivity contribution in [2.45, 2.75) is 44.4 Å². The van der Waals surface area contributed by atoms with Crippen LogP contribution in [0.2, 0.25) is 0 Å². The molecule has 0 aliphatic carbocycles. The highest BCUT2D eigenvalue weighted by Crippen LogP contribution is 2.42. The standard InChI is InChI=1S/C16H20N2O.C3H8O3S/c19-10-11-4-3-8-18-9-7-13-12-5-1-2-6-14(12)17-15(13)16(11)18;1-3(2)7(4,5)6/h1-2,5-6,11,16-17,19H,3-4,7-10H2;3H,1-2H3,(H,4,5,6)/t11-,16?;/m0./s1. The van der Waals surface area contributed by atoms with Gasteiger partial charge < -0.3 is 10.1 Å². The van der Waals surface area contributed by atoms with Gasteiger partial charge >= 0.3 is 0 Å². The van der Waals surface area contributed by atoms with Crippen molar-refractivity contribution in [1.82, 2.24) is 9.88 Å². The Balaban J connectivity index is 0.000000242. The fourth-order valence-corrected chi connectivity index (χ4v) is 4.01. The van der Waals surface area contributed by atoms with E-state index in [0.29, 0.717) is 18.6 Å². The van der Waals surface area contributed by atoms with Gasteiger partial charge in [0, 0.05) is 35.7 Å². The van der Waals surface area contributed by atoms with Gasteiger partial charge in [-0.2, -0.15) is 8.42 Å². The summed E-state index contributed by atoms with van der Waals surface area (Å²) < 4.78 is 27.8. The number of aliphatic hydroxyl groups is 1. The van der Waals surface area contributed by atoms with Crippen molar-refractivity contribution < 1.29 is 18.1 Å². The lowest BCUT2D eigenvalue weighted by molar-refractivity contribution is 0.0465. The van der Waals surface area contributed by atoms with E-state index in [4.69, 9.17) is 4.55 Å². The number of aliphatic hydroxyl groups excluding tert-OH is 1. The summed E-state index contributed by atoms with van der Waals surface area (Å²) in [5.74, 6) is 0.390. The third kappa shape index (κ3) is 3.81. The van der Waals surface area contributed by atoms with Crippen LogP contribution in [0.1, 0.15) is 44.0 Å². The maximum absolute atomic E-state index is 9.89. The molecule has 3 heterocycles. The number of rotatable bonds is 2. The molecule has 4 rings (SSSR count). The minimum atomic E-state index is -3.74. The summed E-state index contributed by atoms with van der Waals surface area (Å²) in [5, 5.41) is 10.4. The molecular weight excluding hydrogens is 352 g/mol. The van der Waals surface area contributed by atoms with Gasteiger partial charge in [-0.1, -0.05) is 18.2 Å². The maximum Gasteiger partial charge on any atom is 0.267 e. The van der Waals surface area contributed by atoms with Crippen LogP contribution in [0.5, 0.6) is 0 Å². The molecule has 1 saturated heterocycles. The second kappa shape index (κ2) is 7.68. The average Bonchev–Trinajstić information content (AvgIpc) is 2.99. The van der Waals surface area contributed by atoms with Crippen molar-refractivity contribution in [2.75, 3.05) is 19.7 Å². The van der Waals surface area contributed by atoms with E-state index in [0.717, 1.165) is 19.4 Å². The van der Waals surface area contributed by atoms with Crippen molar-refractivity contribution in [3.05, 3.63) is 35.5 Å². The summed E-state index contributed by atoms with van der Waals surface area (Å²) in [5.41, 5.74) is 4.10. The molecule has 0 saturated carbocycles. The van der Waals surface area contributed by atoms with Crippen LogP contribution in [0.15, 0.2) is 24.3 Å². The van der Waals surface area contributed by atoms with E-state index in [2.05, 4.69) is 34.1 Å². The quantitative estimate of drug-likeness (QED) is 0.697. The first-order chi connectivity index (χ1) is 12.3. The fraction of sp³-hybridized carbons (Fsp3) is 0.579. The van der Waals surface area contributed by atoms with E-state index < -0.39 is 15.4 Å². The predicted octanol–water partition coefficient (Wildman–Crippen LogP) is 2.75. The van der Waals surface area contributed by atoms with Crippen molar-refractivity contribution in [1.29, 1.82) is 0 Å². The van der Waals surface area contributed by atoms with Crippen LogP contribution in [0.25, 0.3) is 10.9 Å². The van der Waals surface area contributed by atoms with Crippen LogP contribution in [0.4, 0.5) is 0 Å². The first-order valence-electron chi connectivity index (χ1n) is 9.23. The summed E-state index contributed by atoms with van der Waals surface area (Å²) in [6, 6.07) is 8.99. The molecule has 1 aromatic heterocycles. The SMILES string of the molecule is CC(C)S(=O)(=O)O.OC[C@@H]1CCCN2CCc3c([nH]c4ccccc34)C12. The molecule has 0 bridgehead atoms. The van der Waals surface area contributed by atoms with Crippen LogP contribution in [-0.4, -0.2) is 52.9 Å². The Morgan fingerprint density at radius 3 is 2.62 bits per heavy atom. The molecule has 2 aliphatic heterocycles. The molecule has 2 atom stereocenters. The Hall–Kier alpha value is -1.41. The third-order valence-electron chi connectivity index (χ3n) is 5.48. The second-order valence-electron chi connectivity index (χ2n) is 7.44. The first-order valence-corrected chi connectivity index (χ1v) is 10.7. The largest absolute Gasteiger partial charge is 0.396 e. The highest BCUT2D eigenvalue weighted by atomic mass is 32.2. The number of aromatic amines is 1. The molecule has 1 aromatic carbocycles. The van der Waals surface area contributed by atoms with E-state index in [1.807, 2.05) is 0 Å². The molecule has 3 N–H and O–H groups in total. The van der Waals surface area contributed by atoms with Crippen LogP contribution in [0.3, 0.4) is 0 Å². The monoisotopic (exact) mass is 380 g/mol. The molecule has 2 aromatic rings. The number of H-pyrrole nitrogens is 1. The number of hydrogen-bond donors (Lipinski definition) is 3. The van der Waals surface area contributed by atoms with E-state index in [9.17, 15) is 13.5 Å². The number of para-hydroxylation sites is 1. The summed E-state index contributed by atoms with van der Waals surface area (Å²) in [7, 11) is -3.74. The number of piperidine rings is 1. The minimum absolute atomic E-state index is 0.302. The van der Waals surface area contributed by atoms with Gasteiger partial charge in [0.05, 0.1) is 11.3 Å². The molecule has 144 valence electrons. The van der Waals surface area contributed by atoms with E-state index in [-0.39, 0.29) is 0 Å². The normalized spacial score (nSPS) is 23.3. The molecule has 6 nitrogen and oxygen atoms in total. The van der Waals surface area contributed by atoms with E-state index in [1.54, 1.807) is 0 Å². The topological polar surface area (TPSA) is 93.6 Å². The average molecular weight is 381 g/mol. The molecule has 0 radical (unpaired) electrons. The van der Waals surface area contributed by atoms with Crippen LogP contribution >= 0.6 is 0 Å². The Morgan fingerprint density at radius 2 is 1.96 bits per heavy atom. The summed E-state index contributed by atoms with van der Waals surface area (Å²) >= 11 is 0. The smallest absolute Gasteiger partial charge is 0.267 e. The zero-order valence-corrected chi connectivity index (χ0v) is 16.2. The van der Waals surface area contributed by atoms with Crippen molar-refractivity contribution in [2.24, 2.45) is 5.92 Å².